The zero-order chi connectivity index (χ0) is 13.7. The molecule has 1 saturated heterocycles. The van der Waals surface area contributed by atoms with E-state index in [1.54, 1.807) is 0 Å². The zero-order valence-corrected chi connectivity index (χ0v) is 12.6. The van der Waals surface area contributed by atoms with Crippen molar-refractivity contribution in [3.63, 3.8) is 0 Å². The highest BCUT2D eigenvalue weighted by atomic mass is 16.2. The van der Waals surface area contributed by atoms with Gasteiger partial charge in [0.1, 0.15) is 0 Å². The lowest BCUT2D eigenvalue weighted by Crippen LogP contribution is -2.50. The lowest BCUT2D eigenvalue weighted by atomic mass is 9.79. The van der Waals surface area contributed by atoms with Gasteiger partial charge in [0.2, 0.25) is 5.91 Å². The third kappa shape index (κ3) is 4.20. The van der Waals surface area contributed by atoms with Gasteiger partial charge >= 0.3 is 0 Å². The summed E-state index contributed by atoms with van der Waals surface area (Å²) in [6.07, 6.45) is 9.79. The van der Waals surface area contributed by atoms with Gasteiger partial charge in [0.25, 0.3) is 0 Å². The summed E-state index contributed by atoms with van der Waals surface area (Å²) in [5, 5.41) is 6.62. The average molecular weight is 266 g/mol. The molecule has 0 aromatic heterocycles. The molecule has 19 heavy (non-hydrogen) atoms. The molecule has 0 radical (unpaired) electrons. The molecule has 1 heterocycles. The minimum atomic E-state index is -0.00383. The van der Waals surface area contributed by atoms with E-state index in [0.29, 0.717) is 5.91 Å². The molecule has 1 aliphatic heterocycles. The van der Waals surface area contributed by atoms with Crippen LogP contribution in [0.5, 0.6) is 0 Å². The van der Waals surface area contributed by atoms with E-state index in [1.165, 1.54) is 32.1 Å². The van der Waals surface area contributed by atoms with Crippen LogP contribution in [0.4, 0.5) is 0 Å². The van der Waals surface area contributed by atoms with Crippen molar-refractivity contribution in [3.05, 3.63) is 0 Å². The van der Waals surface area contributed by atoms with Crippen molar-refractivity contribution < 1.29 is 4.79 Å². The van der Waals surface area contributed by atoms with Gasteiger partial charge in [-0.05, 0) is 51.5 Å². The molecule has 3 nitrogen and oxygen atoms in total. The van der Waals surface area contributed by atoms with Gasteiger partial charge in [-0.2, -0.15) is 0 Å². The summed E-state index contributed by atoms with van der Waals surface area (Å²) in [7, 11) is 0. The van der Waals surface area contributed by atoms with Crippen molar-refractivity contribution in [2.75, 3.05) is 13.1 Å². The van der Waals surface area contributed by atoms with Gasteiger partial charge in [-0.15, -0.1) is 0 Å². The van der Waals surface area contributed by atoms with Gasteiger partial charge in [-0.1, -0.05) is 26.2 Å². The Labute approximate surface area is 117 Å². The summed E-state index contributed by atoms with van der Waals surface area (Å²) >= 11 is 0. The molecule has 2 N–H and O–H groups in total. The van der Waals surface area contributed by atoms with Crippen LogP contribution in [-0.2, 0) is 4.79 Å². The molecule has 0 bridgehead atoms. The normalized spacial score (nSPS) is 35.3. The molecule has 1 saturated carbocycles. The molecule has 2 fully saturated rings. The molecule has 0 aromatic carbocycles. The van der Waals surface area contributed by atoms with Gasteiger partial charge in [-0.3, -0.25) is 4.79 Å². The van der Waals surface area contributed by atoms with E-state index in [1.807, 2.05) is 0 Å². The highest BCUT2D eigenvalue weighted by Gasteiger charge is 2.33. The van der Waals surface area contributed by atoms with E-state index >= 15 is 0 Å². The molecule has 110 valence electrons. The second kappa shape index (κ2) is 6.74. The van der Waals surface area contributed by atoms with Crippen LogP contribution in [0.1, 0.15) is 65.2 Å². The number of hydrogen-bond donors (Lipinski definition) is 2. The Morgan fingerprint density at radius 3 is 2.63 bits per heavy atom. The minimum Gasteiger partial charge on any atom is -0.349 e. The lowest BCUT2D eigenvalue weighted by molar-refractivity contribution is -0.127. The van der Waals surface area contributed by atoms with Gasteiger partial charge in [-0.25, -0.2) is 0 Å². The van der Waals surface area contributed by atoms with Crippen molar-refractivity contribution in [2.24, 2.45) is 11.8 Å². The van der Waals surface area contributed by atoms with Gasteiger partial charge in [0.05, 0.1) is 5.54 Å². The third-order valence-electron chi connectivity index (χ3n) is 4.98. The Morgan fingerprint density at radius 1 is 1.32 bits per heavy atom. The summed E-state index contributed by atoms with van der Waals surface area (Å²) in [6, 6.07) is 0. The highest BCUT2D eigenvalue weighted by Crippen LogP contribution is 2.32. The monoisotopic (exact) mass is 266 g/mol. The van der Waals surface area contributed by atoms with Crippen LogP contribution >= 0.6 is 0 Å². The molecule has 2 rings (SSSR count). The van der Waals surface area contributed by atoms with E-state index in [4.69, 9.17) is 0 Å². The summed E-state index contributed by atoms with van der Waals surface area (Å²) < 4.78 is 0. The van der Waals surface area contributed by atoms with E-state index in [0.717, 1.165) is 38.3 Å². The predicted molar refractivity (Wildman–Crippen MR) is 79.0 cm³/mol. The first-order valence-electron chi connectivity index (χ1n) is 8.16. The molecule has 1 unspecified atom stereocenters. The average Bonchev–Trinajstić information content (AvgIpc) is 2.83. The summed E-state index contributed by atoms with van der Waals surface area (Å²) in [4.78, 5) is 12.3. The van der Waals surface area contributed by atoms with Crippen LogP contribution in [0.2, 0.25) is 0 Å². The lowest BCUT2D eigenvalue weighted by Gasteiger charge is -2.31. The van der Waals surface area contributed by atoms with Crippen molar-refractivity contribution in [1.82, 2.24) is 10.6 Å². The second-order valence-electron chi connectivity index (χ2n) is 6.84. The van der Waals surface area contributed by atoms with Crippen LogP contribution in [-0.4, -0.2) is 24.5 Å². The predicted octanol–water partition coefficient (Wildman–Crippen LogP) is 2.85. The van der Waals surface area contributed by atoms with E-state index in [2.05, 4.69) is 24.5 Å². The molecular formula is C16H30N2O. The van der Waals surface area contributed by atoms with E-state index < -0.39 is 0 Å². The smallest absolute Gasteiger partial charge is 0.223 e. The molecular weight excluding hydrogens is 236 g/mol. The van der Waals surface area contributed by atoms with Crippen LogP contribution in [0, 0.1) is 11.8 Å². The second-order valence-corrected chi connectivity index (χ2v) is 6.84. The van der Waals surface area contributed by atoms with Crippen molar-refractivity contribution in [3.8, 4) is 0 Å². The van der Waals surface area contributed by atoms with E-state index in [-0.39, 0.29) is 11.5 Å². The van der Waals surface area contributed by atoms with Gasteiger partial charge in [0.15, 0.2) is 0 Å². The standard InChI is InChI=1S/C16H30N2O/c1-3-4-5-13-6-8-14(9-7-13)15(19)18-16(2)10-11-17-12-16/h13-14,17H,3-12H2,1-2H3,(H,18,19). The quantitative estimate of drug-likeness (QED) is 0.803. The Bertz CT molecular complexity index is 289. The minimum absolute atomic E-state index is 0.00383. The van der Waals surface area contributed by atoms with Crippen molar-refractivity contribution >= 4 is 5.91 Å². The largest absolute Gasteiger partial charge is 0.349 e. The highest BCUT2D eigenvalue weighted by molar-refractivity contribution is 5.79. The molecule has 0 aromatic rings. The summed E-state index contributed by atoms with van der Waals surface area (Å²) in [5.74, 6) is 1.46. The molecule has 0 spiro atoms. The van der Waals surface area contributed by atoms with Gasteiger partial charge in [0, 0.05) is 12.5 Å². The number of unbranched alkanes of at least 4 members (excludes halogenated alkanes) is 1. The maximum atomic E-state index is 12.3. The fourth-order valence-electron chi connectivity index (χ4n) is 3.53. The van der Waals surface area contributed by atoms with Crippen LogP contribution in [0.3, 0.4) is 0 Å². The van der Waals surface area contributed by atoms with Gasteiger partial charge < -0.3 is 10.6 Å². The topological polar surface area (TPSA) is 41.1 Å². The Morgan fingerprint density at radius 2 is 2.05 bits per heavy atom. The maximum absolute atomic E-state index is 12.3. The number of hydrogen-bond acceptors (Lipinski definition) is 2. The van der Waals surface area contributed by atoms with E-state index in [9.17, 15) is 4.79 Å². The molecule has 1 amide bonds. The summed E-state index contributed by atoms with van der Waals surface area (Å²) in [5.41, 5.74) is -0.00383. The fraction of sp³-hybridized carbons (Fsp3) is 0.938. The van der Waals surface area contributed by atoms with Crippen molar-refractivity contribution in [2.45, 2.75) is 70.8 Å². The Kier molecular flexibility index (Phi) is 5.26. The Balaban J connectivity index is 1.73. The first-order chi connectivity index (χ1) is 9.13. The SMILES string of the molecule is CCCCC1CCC(C(=O)NC2(C)CCNC2)CC1. The number of amides is 1. The number of carbonyl (C=O) groups is 1. The molecule has 1 aliphatic carbocycles. The van der Waals surface area contributed by atoms with Crippen LogP contribution in [0.25, 0.3) is 0 Å². The number of carbonyl (C=O) groups excluding carboxylic acids is 1. The van der Waals surface area contributed by atoms with Crippen LogP contribution in [0.15, 0.2) is 0 Å². The number of nitrogens with one attached hydrogen (secondary N) is 2. The summed E-state index contributed by atoms with van der Waals surface area (Å²) in [6.45, 7) is 6.37. The number of rotatable bonds is 5. The van der Waals surface area contributed by atoms with Crippen molar-refractivity contribution in [1.29, 1.82) is 0 Å². The first-order valence-corrected chi connectivity index (χ1v) is 8.16. The molecule has 1 atom stereocenters. The Hall–Kier alpha value is -0.570. The fourth-order valence-corrected chi connectivity index (χ4v) is 3.53. The third-order valence-corrected chi connectivity index (χ3v) is 4.98. The molecule has 2 aliphatic rings. The maximum Gasteiger partial charge on any atom is 0.223 e. The molecule has 3 heteroatoms. The van der Waals surface area contributed by atoms with Crippen LogP contribution < -0.4 is 10.6 Å². The first kappa shape index (κ1) is 14.8. The zero-order valence-electron chi connectivity index (χ0n) is 12.6.